The molecule has 7 aliphatic heterocycles. The van der Waals surface area contributed by atoms with E-state index in [1.165, 1.54) is 81.6 Å². The number of hydrogen-bond donors (Lipinski definition) is 20. The van der Waals surface area contributed by atoms with Crippen LogP contribution in [0.4, 0.5) is 0 Å². The lowest BCUT2D eigenvalue weighted by Crippen LogP contribution is -2.64. The van der Waals surface area contributed by atoms with Gasteiger partial charge in [0.15, 0.2) is 23.9 Å². The summed E-state index contributed by atoms with van der Waals surface area (Å²) in [5.74, 6) is -14.9. The van der Waals surface area contributed by atoms with Gasteiger partial charge in [0.1, 0.15) is 96.4 Å². The molecule has 15 bridgehead atoms. The summed E-state index contributed by atoms with van der Waals surface area (Å²) in [7, 11) is 1.48. The van der Waals surface area contributed by atoms with E-state index in [0.717, 1.165) is 56.4 Å². The molecule has 22 N–H and O–H groups in total. The average molecular weight is 1740 g/mol. The lowest BCUT2D eigenvalue weighted by molar-refractivity contribution is -0.333. The Morgan fingerprint density at radius 1 is 0.685 bits per heavy atom. The molecule has 0 spiro atoms. The Hall–Kier alpha value is -10.5. The van der Waals surface area contributed by atoms with Crippen molar-refractivity contribution in [3.8, 4) is 51.4 Å². The van der Waals surface area contributed by atoms with Crippen molar-refractivity contribution < 1.29 is 122 Å². The lowest BCUT2D eigenvalue weighted by Gasteiger charge is -2.54. The van der Waals surface area contributed by atoms with E-state index in [1.807, 2.05) is 13.8 Å². The van der Waals surface area contributed by atoms with Crippen molar-refractivity contribution in [1.82, 2.24) is 47.9 Å². The molecule has 124 heavy (non-hydrogen) atoms. The van der Waals surface area contributed by atoms with Crippen LogP contribution >= 0.6 is 11.6 Å². The molecule has 0 aromatic heterocycles. The smallest absolute Gasteiger partial charge is 0.248 e. The largest absolute Gasteiger partial charge is 0.508 e. The van der Waals surface area contributed by atoms with Crippen LogP contribution in [0.15, 0.2) is 109 Å². The Kier molecular flexibility index (Phi) is 25.5. The molecule has 4 saturated carbocycles. The number of amides is 9. The van der Waals surface area contributed by atoms with E-state index >= 15 is 28.8 Å². The number of hydrogen-bond acceptors (Lipinski definition) is 28. The fourth-order valence-electron chi connectivity index (χ4n) is 18.9. The predicted octanol–water partition coefficient (Wildman–Crippen LogP) is 1.13. The third-order valence-corrected chi connectivity index (χ3v) is 25.3. The number of carbonyl (C=O) groups is 9. The number of halogens is 1. The monoisotopic (exact) mass is 1740 g/mol. The minimum Gasteiger partial charge on any atom is -0.508 e. The van der Waals surface area contributed by atoms with E-state index in [9.17, 15) is 60.3 Å². The second-order valence-electron chi connectivity index (χ2n) is 34.4. The van der Waals surface area contributed by atoms with E-state index in [0.29, 0.717) is 23.1 Å². The Morgan fingerprint density at radius 2 is 1.35 bits per heavy atom. The molecular formula is C87H102ClN11O25. The Bertz CT molecular complexity index is 5090. The molecule has 0 unspecified atom stereocenters. The van der Waals surface area contributed by atoms with Gasteiger partial charge in [-0.2, -0.15) is 0 Å². The number of carbonyl (C=O) groups excluding carboxylic acids is 9. The Labute approximate surface area is 716 Å². The van der Waals surface area contributed by atoms with E-state index in [4.69, 9.17) is 56.2 Å². The molecule has 12 aliphatic rings. The molecular weight excluding hydrogens is 1630 g/mol. The number of imide groups is 1. The Balaban J connectivity index is 0.910. The third kappa shape index (κ3) is 18.1. The first-order chi connectivity index (χ1) is 59.0. The van der Waals surface area contributed by atoms with Crippen LogP contribution in [-0.2, 0) is 69.6 Å². The predicted molar refractivity (Wildman–Crippen MR) is 436 cm³/mol. The van der Waals surface area contributed by atoms with Crippen molar-refractivity contribution in [3.05, 3.63) is 159 Å². The summed E-state index contributed by atoms with van der Waals surface area (Å²) < 4.78 is 44.7. The molecule has 0 radical (unpaired) electrons. The van der Waals surface area contributed by atoms with Gasteiger partial charge in [-0.1, -0.05) is 67.9 Å². The van der Waals surface area contributed by atoms with Gasteiger partial charge in [0, 0.05) is 35.7 Å². The molecule has 37 heteroatoms. The molecule has 6 aromatic carbocycles. The van der Waals surface area contributed by atoms with Gasteiger partial charge >= 0.3 is 0 Å². The number of phenolic OH excluding ortho intramolecular Hbond substituents is 1. The minimum absolute atomic E-state index is 0.0797. The summed E-state index contributed by atoms with van der Waals surface area (Å²) in [6, 6.07) is 8.80. The Morgan fingerprint density at radius 3 is 2.01 bits per heavy atom. The minimum atomic E-state index is -2.98. The van der Waals surface area contributed by atoms with E-state index in [-0.39, 0.29) is 111 Å². The van der Waals surface area contributed by atoms with Gasteiger partial charge in [0.25, 0.3) is 0 Å². The van der Waals surface area contributed by atoms with Crippen LogP contribution in [-0.4, -0.2) is 211 Å². The van der Waals surface area contributed by atoms with Gasteiger partial charge in [-0.05, 0) is 200 Å². The summed E-state index contributed by atoms with van der Waals surface area (Å²) in [5.41, 5.74) is 9.26. The van der Waals surface area contributed by atoms with Crippen molar-refractivity contribution in [2.45, 2.75) is 207 Å². The summed E-state index contributed by atoms with van der Waals surface area (Å²) in [6.45, 7) is 6.12. The van der Waals surface area contributed by atoms with Gasteiger partial charge in [0.2, 0.25) is 71.0 Å². The highest BCUT2D eigenvalue weighted by Crippen LogP contribution is 2.56. The normalized spacial score (nSPS) is 31.2. The molecule has 5 aliphatic carbocycles. The van der Waals surface area contributed by atoms with Crippen LogP contribution in [0.3, 0.4) is 0 Å². The van der Waals surface area contributed by atoms with Crippen LogP contribution in [0.1, 0.15) is 154 Å². The summed E-state index contributed by atoms with van der Waals surface area (Å²) in [4.78, 5) is 139. The van der Waals surface area contributed by atoms with Crippen LogP contribution in [0.25, 0.3) is 11.1 Å². The number of rotatable bonds is 19. The fraction of sp³-hybridized carbons (Fsp3) is 0.483. The molecule has 2 saturated heterocycles. The van der Waals surface area contributed by atoms with Crippen LogP contribution in [0.5, 0.6) is 40.2 Å². The molecule has 6 aromatic rings. The van der Waals surface area contributed by atoms with Crippen molar-refractivity contribution in [2.75, 3.05) is 26.8 Å². The second kappa shape index (κ2) is 35.8. The number of nitrogens with one attached hydrogen (secondary N) is 9. The number of nitrogens with two attached hydrogens (primary N) is 2. The number of aromatic hydroxyl groups is 1. The summed E-state index contributed by atoms with van der Waals surface area (Å²) in [6.07, 6.45) is -14.5. The molecule has 36 nitrogen and oxygen atoms in total. The highest BCUT2D eigenvalue weighted by atomic mass is 35.5. The second-order valence-corrected chi connectivity index (χ2v) is 34.8. The first kappa shape index (κ1) is 88.3. The SMILES string of the molecule is CN[C@H](CC(C)C)C(=O)N[C@H]1C(=O)N[C@@H](CC(=O)NC(=O)Cc2ccc(OCCN)cc2)C(=O)N[C@H]2C(=O)N[C@H]3C(=O)N[C@H](C(=O)N[C@H](C(=O)NC4C5CC6CC(C5)CC4C6)c4cc(O)cc5c4-c4cc3ccc4C5(O)O)[C@H](O)c3ccc(cc3)Oc3cc2cc(c3O[C@@H]2O[C@H](CO)[C@@H](O)[C@H](O)[C@H]2O[C@H]2C[C@](C)(N)[C@H](O)[C@H](C)O2)Oc2ccc(cc2Cl)[C@H]1O. The number of likely N-dealkylation sites (N-methyl/N-ethyl adjacent to an activating group) is 1. The maximum Gasteiger partial charge on any atom is 0.248 e. The lowest BCUT2D eigenvalue weighted by atomic mass is 9.54. The quantitative estimate of drug-likeness (QED) is 0.0506. The van der Waals surface area contributed by atoms with Gasteiger partial charge < -0.3 is 133 Å². The highest BCUT2D eigenvalue weighted by Gasteiger charge is 2.54. The van der Waals surface area contributed by atoms with Crippen LogP contribution < -0.4 is 78.3 Å². The number of aliphatic hydroxyl groups excluding tert-OH is 6. The maximum atomic E-state index is 16.7. The first-order valence-electron chi connectivity index (χ1n) is 41.4. The van der Waals surface area contributed by atoms with Crippen molar-refractivity contribution >= 4 is 64.8 Å². The number of benzene rings is 6. The number of phenols is 1. The average Bonchev–Trinajstić information content (AvgIpc) is 1.56. The number of fused-ring (bicyclic) bond motifs is 12. The topological polar surface area (TPSA) is 561 Å². The van der Waals surface area contributed by atoms with E-state index in [2.05, 4.69) is 47.9 Å². The molecule has 18 rings (SSSR count). The molecule has 6 fully saturated rings. The van der Waals surface area contributed by atoms with Gasteiger partial charge in [-0.15, -0.1) is 0 Å². The zero-order chi connectivity index (χ0) is 88.4. The van der Waals surface area contributed by atoms with Crippen molar-refractivity contribution in [3.63, 3.8) is 0 Å². The first-order valence-corrected chi connectivity index (χ1v) is 41.8. The van der Waals surface area contributed by atoms with Gasteiger partial charge in [0.05, 0.1) is 42.7 Å². The van der Waals surface area contributed by atoms with Crippen molar-refractivity contribution in [2.24, 2.45) is 41.1 Å². The zero-order valence-electron chi connectivity index (χ0n) is 68.2. The van der Waals surface area contributed by atoms with Gasteiger partial charge in [-0.3, -0.25) is 48.5 Å². The number of ether oxygens (including phenoxy) is 7. The van der Waals surface area contributed by atoms with E-state index in [1.54, 1.807) is 24.3 Å². The molecule has 18 atom stereocenters. The molecule has 7 heterocycles. The van der Waals surface area contributed by atoms with E-state index < -0.39 is 216 Å². The van der Waals surface area contributed by atoms with Crippen molar-refractivity contribution in [1.29, 1.82) is 0 Å². The number of aliphatic hydroxyl groups is 8. The molecule has 9 amide bonds. The zero-order valence-corrected chi connectivity index (χ0v) is 69.0. The van der Waals surface area contributed by atoms with Crippen LogP contribution in [0.2, 0.25) is 5.02 Å². The maximum absolute atomic E-state index is 16.7. The standard InChI is InChI=1S/C87H102ClN11O25/c1-36(2)20-55(91-5)78(109)98-70-72(105)43-11-17-57(54(88)28-43)121-59-30-46-29-58(75(59)124-85-76(74(107)73(106)60(35-100)122-85)123-63-34-86(4,90)77(108)37(3)119-63)120-49-14-8-41(9-15-49)71(104)69-84(115)97-68(82(113)94-65-44-22-39-21-40(24-44)25-45(65)23-39)51-31-47(101)32-53-64(51)50-27-42(10-16-52(50)87(53,116)117)66(80(111)99-69)96-81(112)67(46)95-79(110)56(92-83(70)114)33-62(103)93-61(102)26-38-6-12-48(13-7-38)118-19-18-89/h6-17,27-32,36-37,39-40,44-45,55-56,60,63,65-74,76-77,85,91,100-101,104-108,116-117H,18-26,33-35,89-90H2,1-5H3,(H,92,114)(H,94,113)(H,95,110)(H,96,112)(H,97,115)(H,98,109)(H,99,111)(H,93,102,103)/t37-,39?,40?,44?,45?,55+,56-,60+,63-,65?,66+,67+,68-,69-,70+,71+,72+,73+,74-,76+,77+,85-,86-/m0/s1. The third-order valence-electron chi connectivity index (χ3n) is 25.0. The van der Waals surface area contributed by atoms with Gasteiger partial charge in [-0.25, -0.2) is 0 Å². The summed E-state index contributed by atoms with van der Waals surface area (Å²) in [5, 5.41) is 131. The fourth-order valence-corrected chi connectivity index (χ4v) is 19.2. The summed E-state index contributed by atoms with van der Waals surface area (Å²) >= 11 is 7.22. The highest BCUT2D eigenvalue weighted by molar-refractivity contribution is 6.32. The van der Waals surface area contributed by atoms with Crippen LogP contribution in [0, 0.1) is 29.6 Å². The molecule has 662 valence electrons.